The van der Waals surface area contributed by atoms with Gasteiger partial charge in [-0.25, -0.2) is 4.79 Å². The maximum Gasteiger partial charge on any atom is 0.410 e. The first kappa shape index (κ1) is 12.0. The molecule has 1 saturated heterocycles. The molecule has 1 N–H and O–H groups in total. The van der Waals surface area contributed by atoms with Crippen molar-refractivity contribution in [3.8, 4) is 0 Å². The summed E-state index contributed by atoms with van der Waals surface area (Å²) in [5.74, 6) is 0. The normalized spacial score (nSPS) is 24.9. The summed E-state index contributed by atoms with van der Waals surface area (Å²) in [6.45, 7) is -0.0670. The summed E-state index contributed by atoms with van der Waals surface area (Å²) in [6, 6.07) is -2.39. The minimum absolute atomic E-state index is 0.245. The number of hydrogen-bond donors (Lipinski definition) is 1. The highest BCUT2D eigenvalue weighted by molar-refractivity contribution is 5.77. The molecule has 2 aliphatic rings. The zero-order chi connectivity index (χ0) is 12.5. The van der Waals surface area contributed by atoms with Crippen LogP contribution in [0.3, 0.4) is 0 Å². The monoisotopic (exact) mass is 246 g/mol. The molecule has 0 bridgehead atoms. The van der Waals surface area contributed by atoms with Crippen LogP contribution >= 0.6 is 0 Å². The molecular formula is C11H13F3N2O. The van der Waals surface area contributed by atoms with Gasteiger partial charge in [0.15, 0.2) is 0 Å². The third-order valence-electron chi connectivity index (χ3n) is 2.83. The molecule has 17 heavy (non-hydrogen) atoms. The fourth-order valence-corrected chi connectivity index (χ4v) is 1.92. The van der Waals surface area contributed by atoms with Crippen molar-refractivity contribution < 1.29 is 18.0 Å². The number of alkyl halides is 3. The summed E-state index contributed by atoms with van der Waals surface area (Å²) in [5, 5.41) is 1.94. The Labute approximate surface area is 97.0 Å². The van der Waals surface area contributed by atoms with Gasteiger partial charge >= 0.3 is 12.2 Å². The number of carbonyl (C=O) groups is 1. The molecule has 0 aromatic carbocycles. The summed E-state index contributed by atoms with van der Waals surface area (Å²) in [4.78, 5) is 12.6. The summed E-state index contributed by atoms with van der Waals surface area (Å²) in [5.41, 5.74) is 0.897. The van der Waals surface area contributed by atoms with Crippen molar-refractivity contribution in [2.75, 3.05) is 13.1 Å². The van der Waals surface area contributed by atoms with E-state index in [1.807, 2.05) is 23.5 Å². The molecule has 0 spiro atoms. The van der Waals surface area contributed by atoms with Crippen molar-refractivity contribution in [1.82, 2.24) is 10.2 Å². The molecule has 1 fully saturated rings. The van der Waals surface area contributed by atoms with Crippen LogP contribution < -0.4 is 5.32 Å². The molecule has 0 radical (unpaired) electrons. The average molecular weight is 246 g/mol. The second-order valence-corrected chi connectivity index (χ2v) is 4.18. The van der Waals surface area contributed by atoms with Crippen molar-refractivity contribution in [3.63, 3.8) is 0 Å². The quantitative estimate of drug-likeness (QED) is 0.796. The standard InChI is InChI=1S/C11H13F3N2O/c12-11(13,14)9-7-16(10(17)15-9)6-8-4-2-1-3-5-8/h2,4-5,9H,1,3,6-7H2,(H,15,17)/t9-/m0/s1. The lowest BCUT2D eigenvalue weighted by atomic mass is 10.1. The van der Waals surface area contributed by atoms with Gasteiger partial charge in [-0.2, -0.15) is 13.2 Å². The van der Waals surface area contributed by atoms with E-state index in [0.717, 1.165) is 18.4 Å². The number of amides is 2. The van der Waals surface area contributed by atoms with Gasteiger partial charge in [0.05, 0.1) is 6.54 Å². The minimum Gasteiger partial charge on any atom is -0.324 e. The first-order valence-corrected chi connectivity index (χ1v) is 5.44. The van der Waals surface area contributed by atoms with Crippen LogP contribution in [-0.2, 0) is 0 Å². The van der Waals surface area contributed by atoms with Crippen LogP contribution in [0.15, 0.2) is 23.8 Å². The maximum absolute atomic E-state index is 12.4. The van der Waals surface area contributed by atoms with Crippen LogP contribution in [0.4, 0.5) is 18.0 Å². The van der Waals surface area contributed by atoms with Gasteiger partial charge in [0.25, 0.3) is 0 Å². The van der Waals surface area contributed by atoms with Crippen LogP contribution in [0, 0.1) is 0 Å². The fraction of sp³-hybridized carbons (Fsp3) is 0.545. The minimum atomic E-state index is -4.37. The molecule has 1 atom stereocenters. The molecule has 3 nitrogen and oxygen atoms in total. The van der Waals surface area contributed by atoms with Crippen molar-refractivity contribution in [1.29, 1.82) is 0 Å². The van der Waals surface area contributed by atoms with Crippen LogP contribution in [0.2, 0.25) is 0 Å². The summed E-state index contributed by atoms with van der Waals surface area (Å²) in [6.07, 6.45) is 3.22. The number of carbonyl (C=O) groups excluding carboxylic acids is 1. The van der Waals surface area contributed by atoms with Gasteiger partial charge in [0, 0.05) is 6.54 Å². The van der Waals surface area contributed by atoms with Crippen LogP contribution in [0.1, 0.15) is 12.8 Å². The number of halogens is 3. The van der Waals surface area contributed by atoms with E-state index in [-0.39, 0.29) is 13.1 Å². The third-order valence-corrected chi connectivity index (χ3v) is 2.83. The van der Waals surface area contributed by atoms with Gasteiger partial charge in [-0.3, -0.25) is 0 Å². The lowest BCUT2D eigenvalue weighted by molar-refractivity contribution is -0.149. The Morgan fingerprint density at radius 2 is 2.18 bits per heavy atom. The van der Waals surface area contributed by atoms with Gasteiger partial charge in [-0.1, -0.05) is 18.2 Å². The van der Waals surface area contributed by atoms with E-state index in [9.17, 15) is 18.0 Å². The second-order valence-electron chi connectivity index (χ2n) is 4.18. The molecule has 1 aliphatic carbocycles. The molecule has 1 aliphatic heterocycles. The number of urea groups is 1. The Kier molecular flexibility index (Phi) is 3.13. The number of rotatable bonds is 2. The lowest BCUT2D eigenvalue weighted by Crippen LogP contribution is -2.40. The van der Waals surface area contributed by atoms with Crippen molar-refractivity contribution >= 4 is 6.03 Å². The van der Waals surface area contributed by atoms with E-state index < -0.39 is 18.2 Å². The molecule has 94 valence electrons. The number of nitrogens with one attached hydrogen (secondary N) is 1. The summed E-state index contributed by atoms with van der Waals surface area (Å²) >= 11 is 0. The molecule has 2 rings (SSSR count). The summed E-state index contributed by atoms with van der Waals surface area (Å²) in [7, 11) is 0. The van der Waals surface area contributed by atoms with E-state index in [1.54, 1.807) is 0 Å². The maximum atomic E-state index is 12.4. The first-order valence-electron chi connectivity index (χ1n) is 5.44. The van der Waals surface area contributed by atoms with Gasteiger partial charge in [-0.05, 0) is 18.4 Å². The third kappa shape index (κ3) is 2.81. The molecule has 0 saturated carbocycles. The number of hydrogen-bond acceptors (Lipinski definition) is 1. The molecule has 0 unspecified atom stereocenters. The van der Waals surface area contributed by atoms with Crippen LogP contribution in [0.5, 0.6) is 0 Å². The highest BCUT2D eigenvalue weighted by atomic mass is 19.4. The van der Waals surface area contributed by atoms with Crippen LogP contribution in [0.25, 0.3) is 0 Å². The Hall–Kier alpha value is -1.46. The smallest absolute Gasteiger partial charge is 0.324 e. The highest BCUT2D eigenvalue weighted by Crippen LogP contribution is 2.25. The zero-order valence-electron chi connectivity index (χ0n) is 9.13. The van der Waals surface area contributed by atoms with Crippen molar-refractivity contribution in [3.05, 3.63) is 23.8 Å². The predicted molar refractivity (Wildman–Crippen MR) is 56.4 cm³/mol. The largest absolute Gasteiger partial charge is 0.410 e. The van der Waals surface area contributed by atoms with Gasteiger partial charge in [0.1, 0.15) is 6.04 Å². The molecule has 0 aromatic rings. The Morgan fingerprint density at radius 3 is 2.71 bits per heavy atom. The van der Waals surface area contributed by atoms with E-state index in [4.69, 9.17) is 0 Å². The van der Waals surface area contributed by atoms with Crippen molar-refractivity contribution in [2.24, 2.45) is 0 Å². The van der Waals surface area contributed by atoms with Crippen molar-refractivity contribution in [2.45, 2.75) is 25.1 Å². The molecule has 6 heteroatoms. The SMILES string of the molecule is O=C1N[C@H](C(F)(F)F)CN1CC1=CCCC=C1. The van der Waals surface area contributed by atoms with E-state index in [1.165, 1.54) is 4.90 Å². The lowest BCUT2D eigenvalue weighted by Gasteiger charge is -2.17. The highest BCUT2D eigenvalue weighted by Gasteiger charge is 2.46. The van der Waals surface area contributed by atoms with Crippen LogP contribution in [-0.4, -0.2) is 36.2 Å². The van der Waals surface area contributed by atoms with Gasteiger partial charge in [0.2, 0.25) is 0 Å². The Morgan fingerprint density at radius 1 is 1.41 bits per heavy atom. The second kappa shape index (κ2) is 4.43. The predicted octanol–water partition coefficient (Wildman–Crippen LogP) is 2.22. The summed E-state index contributed by atoms with van der Waals surface area (Å²) < 4.78 is 37.2. The van der Waals surface area contributed by atoms with Gasteiger partial charge in [-0.15, -0.1) is 0 Å². The first-order chi connectivity index (χ1) is 7.97. The van der Waals surface area contributed by atoms with E-state index in [0.29, 0.717) is 0 Å². The fourth-order valence-electron chi connectivity index (χ4n) is 1.92. The average Bonchev–Trinajstić information content (AvgIpc) is 2.62. The Balaban J connectivity index is 1.97. The Bertz CT molecular complexity index is 373. The van der Waals surface area contributed by atoms with E-state index in [2.05, 4.69) is 0 Å². The van der Waals surface area contributed by atoms with E-state index >= 15 is 0 Å². The zero-order valence-corrected chi connectivity index (χ0v) is 9.13. The molecule has 0 aromatic heterocycles. The molecular weight excluding hydrogens is 233 g/mol. The number of allylic oxidation sites excluding steroid dienone is 2. The molecule has 2 amide bonds. The number of nitrogens with zero attached hydrogens (tertiary/aromatic N) is 1. The topological polar surface area (TPSA) is 32.3 Å². The van der Waals surface area contributed by atoms with Gasteiger partial charge < -0.3 is 10.2 Å². The molecule has 1 heterocycles.